The zero-order chi connectivity index (χ0) is 14.1. The highest BCUT2D eigenvalue weighted by Crippen LogP contribution is 2.37. The average molecular weight is 288 g/mol. The summed E-state index contributed by atoms with van der Waals surface area (Å²) in [5.74, 6) is 6.30. The fourth-order valence-corrected chi connectivity index (χ4v) is 3.35. The predicted octanol–water partition coefficient (Wildman–Crippen LogP) is 4.08. The van der Waals surface area contributed by atoms with E-state index in [9.17, 15) is 0 Å². The SMILES string of the molecule is C(#Cc1ccccc1)C=C1Cn2c(nc3ccccc32)S1. The van der Waals surface area contributed by atoms with Crippen molar-refractivity contribution >= 4 is 22.8 Å². The van der Waals surface area contributed by atoms with Crippen LogP contribution < -0.4 is 0 Å². The summed E-state index contributed by atoms with van der Waals surface area (Å²) in [6.45, 7) is 0.865. The highest BCUT2D eigenvalue weighted by molar-refractivity contribution is 8.03. The molecule has 0 spiro atoms. The second-order valence-corrected chi connectivity index (χ2v) is 5.91. The van der Waals surface area contributed by atoms with Crippen LogP contribution in [-0.4, -0.2) is 9.55 Å². The van der Waals surface area contributed by atoms with Gasteiger partial charge in [0.15, 0.2) is 5.16 Å². The molecule has 3 aromatic rings. The fourth-order valence-electron chi connectivity index (χ4n) is 2.39. The summed E-state index contributed by atoms with van der Waals surface area (Å²) in [4.78, 5) is 5.89. The first-order chi connectivity index (χ1) is 10.4. The van der Waals surface area contributed by atoms with E-state index in [1.165, 1.54) is 10.4 Å². The van der Waals surface area contributed by atoms with Crippen LogP contribution in [-0.2, 0) is 6.54 Å². The molecule has 1 aliphatic rings. The summed E-state index contributed by atoms with van der Waals surface area (Å²) in [7, 11) is 0. The van der Waals surface area contributed by atoms with E-state index < -0.39 is 0 Å². The molecule has 0 radical (unpaired) electrons. The van der Waals surface area contributed by atoms with Gasteiger partial charge in [-0.2, -0.15) is 0 Å². The van der Waals surface area contributed by atoms with Gasteiger partial charge in [0.2, 0.25) is 0 Å². The Labute approximate surface area is 127 Å². The highest BCUT2D eigenvalue weighted by Gasteiger charge is 2.20. The van der Waals surface area contributed by atoms with Crippen LogP contribution in [0.25, 0.3) is 11.0 Å². The van der Waals surface area contributed by atoms with Crippen molar-refractivity contribution in [2.75, 3.05) is 0 Å². The maximum Gasteiger partial charge on any atom is 0.174 e. The van der Waals surface area contributed by atoms with E-state index in [0.29, 0.717) is 0 Å². The molecule has 2 aromatic carbocycles. The van der Waals surface area contributed by atoms with Crippen molar-refractivity contribution in [3.05, 3.63) is 71.1 Å². The van der Waals surface area contributed by atoms with Crippen LogP contribution in [0.1, 0.15) is 5.56 Å². The number of imidazole rings is 1. The standard InChI is InChI=1S/C18H12N2S/c1-2-7-14(8-3-1)9-6-10-15-13-20-17-12-5-4-11-16(17)19-18(20)21-15/h1-5,7-8,10-12H,13H2. The van der Waals surface area contributed by atoms with Crippen LogP contribution in [0.3, 0.4) is 0 Å². The van der Waals surface area contributed by atoms with Crippen LogP contribution in [0, 0.1) is 11.8 Å². The molecule has 1 aliphatic heterocycles. The molecule has 0 saturated heterocycles. The molecule has 100 valence electrons. The van der Waals surface area contributed by atoms with Crippen LogP contribution in [0.5, 0.6) is 0 Å². The smallest absolute Gasteiger partial charge is 0.174 e. The molecule has 2 nitrogen and oxygen atoms in total. The van der Waals surface area contributed by atoms with Crippen molar-refractivity contribution in [1.29, 1.82) is 0 Å². The highest BCUT2D eigenvalue weighted by atomic mass is 32.2. The molecule has 0 aliphatic carbocycles. The van der Waals surface area contributed by atoms with Crippen molar-refractivity contribution in [2.24, 2.45) is 0 Å². The molecule has 3 heteroatoms. The van der Waals surface area contributed by atoms with Gasteiger partial charge < -0.3 is 4.57 Å². The number of benzene rings is 2. The van der Waals surface area contributed by atoms with E-state index in [1.807, 2.05) is 42.5 Å². The molecule has 2 heterocycles. The Morgan fingerprint density at radius 2 is 1.86 bits per heavy atom. The van der Waals surface area contributed by atoms with Gasteiger partial charge in [-0.3, -0.25) is 0 Å². The fraction of sp³-hybridized carbons (Fsp3) is 0.0556. The lowest BCUT2D eigenvalue weighted by Gasteiger charge is -1.96. The molecular formula is C18H12N2S. The van der Waals surface area contributed by atoms with Crippen molar-refractivity contribution in [2.45, 2.75) is 11.7 Å². The summed E-state index contributed by atoms with van der Waals surface area (Å²) < 4.78 is 2.25. The van der Waals surface area contributed by atoms with Gasteiger partial charge in [-0.1, -0.05) is 53.9 Å². The lowest BCUT2D eigenvalue weighted by atomic mass is 10.2. The molecule has 0 N–H and O–H groups in total. The van der Waals surface area contributed by atoms with Crippen molar-refractivity contribution in [1.82, 2.24) is 9.55 Å². The Kier molecular flexibility index (Phi) is 3.02. The van der Waals surface area contributed by atoms with Crippen molar-refractivity contribution in [3.63, 3.8) is 0 Å². The number of nitrogens with zero attached hydrogens (tertiary/aromatic N) is 2. The summed E-state index contributed by atoms with van der Waals surface area (Å²) in [5.41, 5.74) is 3.30. The predicted molar refractivity (Wildman–Crippen MR) is 87.0 cm³/mol. The number of allylic oxidation sites excluding steroid dienone is 2. The Hall–Kier alpha value is -2.44. The minimum Gasteiger partial charge on any atom is -0.314 e. The Bertz CT molecular complexity index is 895. The van der Waals surface area contributed by atoms with E-state index >= 15 is 0 Å². The molecule has 0 bridgehead atoms. The van der Waals surface area contributed by atoms with Crippen molar-refractivity contribution in [3.8, 4) is 11.8 Å². The van der Waals surface area contributed by atoms with E-state index in [-0.39, 0.29) is 0 Å². The van der Waals surface area contributed by atoms with Gasteiger partial charge >= 0.3 is 0 Å². The average Bonchev–Trinajstić information content (AvgIpc) is 3.05. The Morgan fingerprint density at radius 3 is 2.76 bits per heavy atom. The molecule has 0 fully saturated rings. The molecule has 1 aromatic heterocycles. The zero-order valence-corrected chi connectivity index (χ0v) is 12.1. The van der Waals surface area contributed by atoms with Gasteiger partial charge in [0.05, 0.1) is 17.6 Å². The number of hydrogen-bond acceptors (Lipinski definition) is 2. The molecule has 4 rings (SSSR count). The summed E-state index contributed by atoms with van der Waals surface area (Å²) in [6.07, 6.45) is 2.00. The van der Waals surface area contributed by atoms with Crippen LogP contribution in [0.15, 0.2) is 70.7 Å². The monoisotopic (exact) mass is 288 g/mol. The van der Waals surface area contributed by atoms with Crippen LogP contribution >= 0.6 is 11.8 Å². The van der Waals surface area contributed by atoms with Gasteiger partial charge in [-0.25, -0.2) is 4.98 Å². The summed E-state index contributed by atoms with van der Waals surface area (Å²) in [5, 5.41) is 1.06. The number of thioether (sulfide) groups is 1. The molecule has 0 saturated carbocycles. The third kappa shape index (κ3) is 2.35. The summed E-state index contributed by atoms with van der Waals surface area (Å²) >= 11 is 1.71. The number of hydrogen-bond donors (Lipinski definition) is 0. The Balaban J connectivity index is 1.60. The normalized spacial score (nSPS) is 15.0. The van der Waals surface area contributed by atoms with E-state index in [2.05, 4.69) is 39.6 Å². The van der Waals surface area contributed by atoms with E-state index in [1.54, 1.807) is 11.8 Å². The quantitative estimate of drug-likeness (QED) is 0.580. The number of aromatic nitrogens is 2. The van der Waals surface area contributed by atoms with Crippen LogP contribution in [0.4, 0.5) is 0 Å². The minimum atomic E-state index is 0.865. The molecular weight excluding hydrogens is 276 g/mol. The van der Waals surface area contributed by atoms with Crippen molar-refractivity contribution < 1.29 is 0 Å². The van der Waals surface area contributed by atoms with Gasteiger partial charge in [-0.15, -0.1) is 0 Å². The van der Waals surface area contributed by atoms with Gasteiger partial charge in [0, 0.05) is 16.5 Å². The lowest BCUT2D eigenvalue weighted by molar-refractivity contribution is 0.768. The maximum atomic E-state index is 4.65. The zero-order valence-electron chi connectivity index (χ0n) is 11.3. The topological polar surface area (TPSA) is 17.8 Å². The molecule has 0 amide bonds. The molecule has 0 atom stereocenters. The molecule has 21 heavy (non-hydrogen) atoms. The minimum absolute atomic E-state index is 0.865. The first kappa shape index (κ1) is 12.3. The second kappa shape index (κ2) is 5.16. The van der Waals surface area contributed by atoms with E-state index in [0.717, 1.165) is 22.8 Å². The van der Waals surface area contributed by atoms with E-state index in [4.69, 9.17) is 0 Å². The van der Waals surface area contributed by atoms with Gasteiger partial charge in [0.25, 0.3) is 0 Å². The molecule has 0 unspecified atom stereocenters. The summed E-state index contributed by atoms with van der Waals surface area (Å²) in [6, 6.07) is 18.3. The van der Waals surface area contributed by atoms with Gasteiger partial charge in [-0.05, 0) is 24.3 Å². The third-order valence-electron chi connectivity index (χ3n) is 3.38. The van der Waals surface area contributed by atoms with Gasteiger partial charge in [0.1, 0.15) is 0 Å². The first-order valence-electron chi connectivity index (χ1n) is 6.79. The lowest BCUT2D eigenvalue weighted by Crippen LogP contribution is -1.91. The van der Waals surface area contributed by atoms with Crippen LogP contribution in [0.2, 0.25) is 0 Å². The first-order valence-corrected chi connectivity index (χ1v) is 7.60. The number of fused-ring (bicyclic) bond motifs is 3. The maximum absolute atomic E-state index is 4.65. The second-order valence-electron chi connectivity index (χ2n) is 4.82. The number of rotatable bonds is 0. The number of para-hydroxylation sites is 2. The third-order valence-corrected chi connectivity index (χ3v) is 4.38. The Morgan fingerprint density at radius 1 is 1.05 bits per heavy atom. The largest absolute Gasteiger partial charge is 0.314 e.